The van der Waals surface area contributed by atoms with Gasteiger partial charge in [-0.2, -0.15) is 0 Å². The second-order valence-corrected chi connectivity index (χ2v) is 12.3. The van der Waals surface area contributed by atoms with Gasteiger partial charge in [-0.25, -0.2) is 0 Å². The maximum Gasteiger partial charge on any atom is 0.115 e. The first-order valence-electron chi connectivity index (χ1n) is 15.9. The molecule has 10 nitrogen and oxygen atoms in total. The average molecular weight is 670 g/mol. The molecule has 2 fully saturated rings. The van der Waals surface area contributed by atoms with E-state index in [9.17, 15) is 0 Å². The summed E-state index contributed by atoms with van der Waals surface area (Å²) in [4.78, 5) is 0. The molecule has 0 unspecified atom stereocenters. The smallest absolute Gasteiger partial charge is 0.115 e. The van der Waals surface area contributed by atoms with Crippen molar-refractivity contribution >= 4 is 0 Å². The first-order chi connectivity index (χ1) is 19.7. The molecule has 0 aliphatic carbocycles. The van der Waals surface area contributed by atoms with Crippen molar-refractivity contribution in [1.29, 1.82) is 0 Å². The molecule has 0 spiro atoms. The molecule has 10 atom stereocenters. The third kappa shape index (κ3) is 16.5. The quantitative estimate of drug-likeness (QED) is 0.175. The SMILES string of the molecule is C.COCCO[C@@H]1[C@H](OC(C)C)[C@@H]([C@@H](C)OC(C)C)O[C@H]1C.COCCO[C@@H]1[C@H](OC(C)C)[C@@H]([C@H](C)OC(C)C)O[C@H]1C.[Sc]. The minimum Gasteiger partial charge on any atom is -0.382 e. The van der Waals surface area contributed by atoms with E-state index in [4.69, 9.17) is 47.4 Å². The van der Waals surface area contributed by atoms with Crippen molar-refractivity contribution < 1.29 is 73.2 Å². The van der Waals surface area contributed by atoms with Gasteiger partial charge in [-0.1, -0.05) is 7.43 Å². The van der Waals surface area contributed by atoms with Gasteiger partial charge in [0.1, 0.15) is 36.6 Å². The Morgan fingerprint density at radius 1 is 0.500 bits per heavy atom. The molecule has 2 aliphatic rings. The van der Waals surface area contributed by atoms with Gasteiger partial charge in [-0.05, 0) is 83.1 Å². The third-order valence-corrected chi connectivity index (χ3v) is 6.92. The molecule has 0 amide bonds. The van der Waals surface area contributed by atoms with Gasteiger partial charge in [-0.3, -0.25) is 0 Å². The zero-order valence-corrected chi connectivity index (χ0v) is 31.4. The van der Waals surface area contributed by atoms with Crippen molar-refractivity contribution in [3.63, 3.8) is 0 Å². The van der Waals surface area contributed by atoms with Gasteiger partial charge in [0.05, 0.1) is 75.3 Å². The Balaban J connectivity index is 0. The number of hydrogen-bond acceptors (Lipinski definition) is 10. The summed E-state index contributed by atoms with van der Waals surface area (Å²) in [7, 11) is 3.34. The minimum absolute atomic E-state index is 0. The van der Waals surface area contributed by atoms with Crippen LogP contribution in [0.2, 0.25) is 0 Å². The maximum atomic E-state index is 6.07. The molecule has 2 saturated heterocycles. The molecule has 0 saturated carbocycles. The van der Waals surface area contributed by atoms with Crippen LogP contribution in [0.4, 0.5) is 0 Å². The van der Waals surface area contributed by atoms with Crippen LogP contribution in [0.15, 0.2) is 0 Å². The number of methoxy groups -OCH3 is 2. The van der Waals surface area contributed by atoms with Crippen molar-refractivity contribution in [2.24, 2.45) is 0 Å². The van der Waals surface area contributed by atoms with E-state index < -0.39 is 0 Å². The van der Waals surface area contributed by atoms with E-state index in [1.807, 2.05) is 83.1 Å². The van der Waals surface area contributed by atoms with E-state index in [2.05, 4.69) is 0 Å². The summed E-state index contributed by atoms with van der Waals surface area (Å²) in [5.41, 5.74) is 0. The van der Waals surface area contributed by atoms with Crippen LogP contribution in [0.5, 0.6) is 0 Å². The maximum absolute atomic E-state index is 6.07. The van der Waals surface area contributed by atoms with Crippen molar-refractivity contribution in [1.82, 2.24) is 0 Å². The topological polar surface area (TPSA) is 92.3 Å². The molecule has 0 N–H and O–H groups in total. The van der Waals surface area contributed by atoms with Gasteiger partial charge in [-0.15, -0.1) is 0 Å². The summed E-state index contributed by atoms with van der Waals surface area (Å²) < 4.78 is 58.0. The summed E-state index contributed by atoms with van der Waals surface area (Å²) in [5.74, 6) is 0. The van der Waals surface area contributed by atoms with E-state index in [-0.39, 0.29) is 119 Å². The molecular formula is C33H68O10Sc. The molecule has 0 aromatic rings. The molecule has 44 heavy (non-hydrogen) atoms. The Labute approximate surface area is 288 Å². The van der Waals surface area contributed by atoms with Crippen LogP contribution in [0.3, 0.4) is 0 Å². The Kier molecular flexibility index (Phi) is 26.0. The van der Waals surface area contributed by atoms with E-state index in [1.54, 1.807) is 14.2 Å². The van der Waals surface area contributed by atoms with Gasteiger partial charge < -0.3 is 47.4 Å². The standard InChI is InChI=1S/2C16H32O5.CH4.Sc/c2*1-10(2)19-13(6)15-16(20-11(3)4)14(12(5)21-15)18-9-8-17-7;;/h2*10-16H,8-9H2,1-7H3;1H4;/t12-,13+,14-,15+,16-;12-,13-,14-,15+,16-;;/m00../s1. The fraction of sp³-hybridized carbons (Fsp3) is 1.00. The Hall–Kier alpha value is 0.470. The number of ether oxygens (including phenoxy) is 10. The predicted molar refractivity (Wildman–Crippen MR) is 170 cm³/mol. The van der Waals surface area contributed by atoms with E-state index in [1.165, 1.54) is 0 Å². The van der Waals surface area contributed by atoms with Crippen molar-refractivity contribution in [3.8, 4) is 0 Å². The molecule has 11 heteroatoms. The van der Waals surface area contributed by atoms with Crippen LogP contribution in [0, 0.1) is 0 Å². The second kappa shape index (κ2) is 24.6. The monoisotopic (exact) mass is 669 g/mol. The number of rotatable bonds is 18. The Bertz CT molecular complexity index is 627. The van der Waals surface area contributed by atoms with Gasteiger partial charge in [0.25, 0.3) is 0 Å². The van der Waals surface area contributed by atoms with Crippen LogP contribution in [0.1, 0.15) is 90.5 Å². The molecular weight excluding hydrogens is 601 g/mol. The van der Waals surface area contributed by atoms with Gasteiger partial charge >= 0.3 is 0 Å². The largest absolute Gasteiger partial charge is 0.382 e. The van der Waals surface area contributed by atoms with Crippen molar-refractivity contribution in [2.75, 3.05) is 40.6 Å². The second-order valence-electron chi connectivity index (χ2n) is 12.3. The first-order valence-corrected chi connectivity index (χ1v) is 15.9. The Morgan fingerprint density at radius 3 is 1.07 bits per heavy atom. The van der Waals surface area contributed by atoms with Crippen LogP contribution in [0.25, 0.3) is 0 Å². The number of hydrogen-bond donors (Lipinski definition) is 0. The van der Waals surface area contributed by atoms with Crippen molar-refractivity contribution in [3.05, 3.63) is 0 Å². The molecule has 1 radical (unpaired) electrons. The van der Waals surface area contributed by atoms with Crippen LogP contribution >= 0.6 is 0 Å². The summed E-state index contributed by atoms with van der Waals surface area (Å²) in [6.07, 6.45) is -0.207. The van der Waals surface area contributed by atoms with E-state index in [0.29, 0.717) is 26.4 Å². The van der Waals surface area contributed by atoms with Gasteiger partial charge in [0.2, 0.25) is 0 Å². The van der Waals surface area contributed by atoms with Crippen LogP contribution in [-0.2, 0) is 73.2 Å². The molecule has 2 aliphatic heterocycles. The van der Waals surface area contributed by atoms with Gasteiger partial charge in [0.15, 0.2) is 0 Å². The molecule has 0 bridgehead atoms. The summed E-state index contributed by atoms with van der Waals surface area (Å²) in [6.45, 7) is 26.6. The molecule has 263 valence electrons. The molecule has 0 aromatic carbocycles. The normalized spacial score (nSPS) is 29.9. The summed E-state index contributed by atoms with van der Waals surface area (Å²) in [6, 6.07) is 0. The van der Waals surface area contributed by atoms with Gasteiger partial charge in [0, 0.05) is 40.1 Å². The van der Waals surface area contributed by atoms with Crippen LogP contribution < -0.4 is 0 Å². The van der Waals surface area contributed by atoms with E-state index >= 15 is 0 Å². The molecule has 2 rings (SSSR count). The fourth-order valence-corrected chi connectivity index (χ4v) is 5.42. The summed E-state index contributed by atoms with van der Waals surface area (Å²) in [5, 5.41) is 0. The summed E-state index contributed by atoms with van der Waals surface area (Å²) >= 11 is 0. The molecule has 0 aromatic heterocycles. The first kappa shape index (κ1) is 46.6. The van der Waals surface area contributed by atoms with Crippen molar-refractivity contribution in [2.45, 2.75) is 176 Å². The Morgan fingerprint density at radius 2 is 0.818 bits per heavy atom. The predicted octanol–water partition coefficient (Wildman–Crippen LogP) is 5.46. The van der Waals surface area contributed by atoms with E-state index in [0.717, 1.165) is 0 Å². The average Bonchev–Trinajstić information content (AvgIpc) is 3.34. The molecule has 2 heterocycles. The fourth-order valence-electron chi connectivity index (χ4n) is 5.42. The minimum atomic E-state index is -0.120. The zero-order valence-electron chi connectivity index (χ0n) is 29.6. The van der Waals surface area contributed by atoms with Crippen LogP contribution in [-0.4, -0.2) is 126 Å². The third-order valence-electron chi connectivity index (χ3n) is 6.92. The zero-order chi connectivity index (χ0) is 32.0.